The molecule has 0 aliphatic heterocycles. The minimum absolute atomic E-state index is 0.0220. The van der Waals surface area contributed by atoms with Crippen LogP contribution in [0.5, 0.6) is 5.75 Å². The van der Waals surface area contributed by atoms with E-state index in [9.17, 15) is 18.4 Å². The predicted octanol–water partition coefficient (Wildman–Crippen LogP) is 1.94. The van der Waals surface area contributed by atoms with Gasteiger partial charge in [0, 0.05) is 25.6 Å². The molecule has 1 fully saturated rings. The number of alkyl halides is 2. The van der Waals surface area contributed by atoms with Crippen LogP contribution in [0.1, 0.15) is 47.4 Å². The molecule has 3 aromatic heterocycles. The van der Waals surface area contributed by atoms with Gasteiger partial charge in [0.05, 0.1) is 24.5 Å². The van der Waals surface area contributed by atoms with Gasteiger partial charge in [-0.15, -0.1) is 10.2 Å². The number of unbranched alkanes of at least 4 members (excludes halogenated alkanes) is 1. The van der Waals surface area contributed by atoms with Gasteiger partial charge in [-0.2, -0.15) is 5.10 Å². The molecule has 35 heavy (non-hydrogen) atoms. The van der Waals surface area contributed by atoms with Gasteiger partial charge in [-0.1, -0.05) is 5.21 Å². The van der Waals surface area contributed by atoms with Crippen molar-refractivity contribution in [3.8, 4) is 5.75 Å². The Labute approximate surface area is 199 Å². The maximum Gasteiger partial charge on any atom is 0.270 e. The van der Waals surface area contributed by atoms with Crippen LogP contribution < -0.4 is 15.8 Å². The summed E-state index contributed by atoms with van der Waals surface area (Å²) in [5.74, 6) is -2.92. The molecule has 0 spiro atoms. The first-order valence-electron chi connectivity index (χ1n) is 11.1. The number of nitrogens with one attached hydrogen (secondary N) is 1. The summed E-state index contributed by atoms with van der Waals surface area (Å²) in [7, 11) is 0. The number of hydrogen-bond donors (Lipinski definition) is 2. The van der Waals surface area contributed by atoms with Crippen molar-refractivity contribution in [2.75, 3.05) is 5.32 Å². The van der Waals surface area contributed by atoms with Crippen molar-refractivity contribution in [2.24, 2.45) is 5.73 Å². The molecule has 4 rings (SSSR count). The molecule has 0 saturated heterocycles. The third kappa shape index (κ3) is 6.98. The number of hydrogen-bond acceptors (Lipinski definition) is 8. The molecular formula is C22H24F2N8O3. The smallest absolute Gasteiger partial charge is 0.270 e. The van der Waals surface area contributed by atoms with Crippen LogP contribution >= 0.6 is 0 Å². The first-order valence-corrected chi connectivity index (χ1v) is 11.1. The Bertz CT molecular complexity index is 1180. The number of pyridine rings is 1. The lowest BCUT2D eigenvalue weighted by Crippen LogP contribution is -2.43. The number of halogens is 2. The van der Waals surface area contributed by atoms with E-state index in [4.69, 9.17) is 10.5 Å². The first-order chi connectivity index (χ1) is 16.8. The van der Waals surface area contributed by atoms with E-state index in [1.165, 1.54) is 18.6 Å². The fourth-order valence-electron chi connectivity index (χ4n) is 3.54. The van der Waals surface area contributed by atoms with Crippen molar-refractivity contribution in [3.05, 3.63) is 53.7 Å². The maximum atomic E-state index is 13.0. The molecular weight excluding hydrogens is 462 g/mol. The minimum Gasteiger partial charge on any atom is -0.488 e. The number of aryl methyl sites for hydroxylation is 2. The number of amides is 2. The number of anilines is 1. The number of carbonyl (C=O) groups is 2. The SMILES string of the molecule is NC(=O)c1cn(CCCCc2ccc(NC(=O)Cc3cncc(OC4CC(F)(F)C4)c3)nn2)nn1. The molecule has 1 aliphatic rings. The molecule has 184 valence electrons. The Morgan fingerprint density at radius 2 is 2.00 bits per heavy atom. The first kappa shape index (κ1) is 24.1. The number of rotatable bonds is 11. The van der Waals surface area contributed by atoms with E-state index in [2.05, 4.69) is 30.8 Å². The number of nitrogens with zero attached hydrogens (tertiary/aromatic N) is 6. The van der Waals surface area contributed by atoms with Crippen molar-refractivity contribution < 1.29 is 23.1 Å². The summed E-state index contributed by atoms with van der Waals surface area (Å²) in [5, 5.41) is 18.4. The Kier molecular flexibility index (Phi) is 7.22. The highest BCUT2D eigenvalue weighted by Crippen LogP contribution is 2.39. The molecule has 1 saturated carbocycles. The zero-order chi connectivity index (χ0) is 24.8. The van der Waals surface area contributed by atoms with Crippen molar-refractivity contribution in [1.82, 2.24) is 30.2 Å². The zero-order valence-electron chi connectivity index (χ0n) is 18.7. The average molecular weight is 486 g/mol. The van der Waals surface area contributed by atoms with Crippen molar-refractivity contribution in [1.29, 1.82) is 0 Å². The lowest BCUT2D eigenvalue weighted by molar-refractivity contribution is -0.134. The van der Waals surface area contributed by atoms with Crippen molar-refractivity contribution in [2.45, 2.75) is 57.1 Å². The summed E-state index contributed by atoms with van der Waals surface area (Å²) in [6.45, 7) is 0.593. The van der Waals surface area contributed by atoms with E-state index in [-0.39, 0.29) is 30.9 Å². The summed E-state index contributed by atoms with van der Waals surface area (Å²) in [5.41, 5.74) is 6.64. The van der Waals surface area contributed by atoms with E-state index >= 15 is 0 Å². The topological polar surface area (TPSA) is 151 Å². The lowest BCUT2D eigenvalue weighted by Gasteiger charge is -2.34. The number of ether oxygens (including phenoxy) is 1. The number of carbonyl (C=O) groups excluding carboxylic acids is 2. The van der Waals surface area contributed by atoms with E-state index in [0.29, 0.717) is 30.1 Å². The summed E-state index contributed by atoms with van der Waals surface area (Å²) < 4.78 is 33.0. The molecule has 0 radical (unpaired) electrons. The standard InChI is InChI=1S/C22H24F2N8O3/c23-22(24)9-17(10-22)35-16-7-14(11-26-12-16)8-20(33)27-19-5-4-15(28-30-19)3-1-2-6-32-13-18(21(25)34)29-31-32/h4-5,7,11-13,17H,1-3,6,8-10H2,(H2,25,34)(H,27,30,33). The van der Waals surface area contributed by atoms with Gasteiger partial charge in [-0.05, 0) is 43.0 Å². The molecule has 13 heteroatoms. The van der Waals surface area contributed by atoms with Crippen LogP contribution in [0.15, 0.2) is 36.8 Å². The molecule has 0 unspecified atom stereocenters. The van der Waals surface area contributed by atoms with Crippen molar-refractivity contribution in [3.63, 3.8) is 0 Å². The van der Waals surface area contributed by atoms with Gasteiger partial charge < -0.3 is 15.8 Å². The van der Waals surface area contributed by atoms with Gasteiger partial charge >= 0.3 is 0 Å². The average Bonchev–Trinajstić information content (AvgIpc) is 3.26. The van der Waals surface area contributed by atoms with Crippen LogP contribution in [-0.2, 0) is 24.2 Å². The molecule has 0 bridgehead atoms. The Morgan fingerprint density at radius 1 is 1.17 bits per heavy atom. The van der Waals surface area contributed by atoms with Crippen LogP contribution in [0.2, 0.25) is 0 Å². The molecule has 1 aliphatic carbocycles. The third-order valence-electron chi connectivity index (χ3n) is 5.34. The number of aromatic nitrogens is 6. The van der Waals surface area contributed by atoms with Crippen LogP contribution in [-0.4, -0.2) is 54.0 Å². The Hall–Kier alpha value is -4.03. The van der Waals surface area contributed by atoms with Crippen LogP contribution in [0.25, 0.3) is 0 Å². The zero-order valence-corrected chi connectivity index (χ0v) is 18.7. The fourth-order valence-corrected chi connectivity index (χ4v) is 3.54. The van der Waals surface area contributed by atoms with Gasteiger partial charge in [0.1, 0.15) is 11.9 Å². The third-order valence-corrected chi connectivity index (χ3v) is 5.34. The van der Waals surface area contributed by atoms with Gasteiger partial charge in [0.15, 0.2) is 11.5 Å². The lowest BCUT2D eigenvalue weighted by atomic mass is 9.91. The van der Waals surface area contributed by atoms with E-state index < -0.39 is 17.9 Å². The number of primary amides is 1. The highest BCUT2D eigenvalue weighted by atomic mass is 19.3. The van der Waals surface area contributed by atoms with Gasteiger partial charge in [0.2, 0.25) is 5.91 Å². The van der Waals surface area contributed by atoms with Gasteiger partial charge in [-0.25, -0.2) is 8.78 Å². The second-order valence-corrected chi connectivity index (χ2v) is 8.36. The molecule has 3 aromatic rings. The van der Waals surface area contributed by atoms with Gasteiger partial charge in [0.25, 0.3) is 11.8 Å². The summed E-state index contributed by atoms with van der Waals surface area (Å²) in [4.78, 5) is 27.4. The van der Waals surface area contributed by atoms with Crippen LogP contribution in [0.3, 0.4) is 0 Å². The minimum atomic E-state index is -2.66. The molecule has 3 N–H and O–H groups in total. The van der Waals surface area contributed by atoms with Crippen molar-refractivity contribution >= 4 is 17.6 Å². The molecule has 0 aromatic carbocycles. The highest BCUT2D eigenvalue weighted by molar-refractivity contribution is 5.91. The normalized spacial score (nSPS) is 14.8. The quantitative estimate of drug-likeness (QED) is 0.390. The largest absolute Gasteiger partial charge is 0.488 e. The Balaban J connectivity index is 1.19. The fraction of sp³-hybridized carbons (Fsp3) is 0.409. The number of nitrogens with two attached hydrogens (primary N) is 1. The van der Waals surface area contributed by atoms with Crippen LogP contribution in [0.4, 0.5) is 14.6 Å². The predicted molar refractivity (Wildman–Crippen MR) is 119 cm³/mol. The summed E-state index contributed by atoms with van der Waals surface area (Å²) in [6.07, 6.45) is 5.61. The second-order valence-electron chi connectivity index (χ2n) is 8.36. The van der Waals surface area contributed by atoms with Crippen LogP contribution in [0, 0.1) is 0 Å². The van der Waals surface area contributed by atoms with Gasteiger partial charge in [-0.3, -0.25) is 19.3 Å². The van der Waals surface area contributed by atoms with E-state index in [1.807, 2.05) is 0 Å². The summed E-state index contributed by atoms with van der Waals surface area (Å²) in [6, 6.07) is 5.07. The Morgan fingerprint density at radius 3 is 2.69 bits per heavy atom. The van der Waals surface area contributed by atoms with E-state index in [0.717, 1.165) is 18.5 Å². The van der Waals surface area contributed by atoms with E-state index in [1.54, 1.807) is 22.9 Å². The maximum absolute atomic E-state index is 13.0. The molecule has 3 heterocycles. The second kappa shape index (κ2) is 10.5. The molecule has 0 atom stereocenters. The molecule has 11 nitrogen and oxygen atoms in total. The monoisotopic (exact) mass is 486 g/mol. The highest BCUT2D eigenvalue weighted by Gasteiger charge is 2.47. The molecule has 2 amide bonds. The summed E-state index contributed by atoms with van der Waals surface area (Å²) >= 11 is 0.